The van der Waals surface area contributed by atoms with Gasteiger partial charge in [-0.1, -0.05) is 0 Å². The Morgan fingerprint density at radius 2 is 2.00 bits per heavy atom. The number of rotatable bonds is 7. The van der Waals surface area contributed by atoms with Gasteiger partial charge in [0.05, 0.1) is 0 Å². The van der Waals surface area contributed by atoms with Crippen LogP contribution < -0.4 is 15.5 Å². The van der Waals surface area contributed by atoms with E-state index in [1.807, 2.05) is 37.3 Å². The topological polar surface area (TPSA) is 42.9 Å². The normalized spacial score (nSPS) is 13.6. The van der Waals surface area contributed by atoms with Crippen LogP contribution in [0.4, 0.5) is 0 Å². The fourth-order valence-electron chi connectivity index (χ4n) is 2.90. The first-order valence-corrected chi connectivity index (χ1v) is 8.55. The second-order valence-corrected chi connectivity index (χ2v) is 5.94. The molecule has 25 heavy (non-hydrogen) atoms. The molecular formula is C20H23BN2O2. The quantitative estimate of drug-likeness (QED) is 0.787. The monoisotopic (exact) mass is 334 g/mol. The SMILES string of the molecule is C=Bc1ccc(OC)c(COCc2ccccc2C2=NCCCN2)c1. The first-order chi connectivity index (χ1) is 12.3. The molecule has 0 bridgehead atoms. The first-order valence-electron chi connectivity index (χ1n) is 8.55. The molecule has 1 aliphatic rings. The van der Waals surface area contributed by atoms with Crippen LogP contribution in [0.15, 0.2) is 47.5 Å². The zero-order valence-corrected chi connectivity index (χ0v) is 14.6. The third-order valence-corrected chi connectivity index (χ3v) is 4.23. The van der Waals surface area contributed by atoms with Crippen LogP contribution in [0.25, 0.3) is 0 Å². The summed E-state index contributed by atoms with van der Waals surface area (Å²) in [5.74, 6) is 1.80. The van der Waals surface area contributed by atoms with Crippen molar-refractivity contribution < 1.29 is 9.47 Å². The maximum atomic E-state index is 5.98. The summed E-state index contributed by atoms with van der Waals surface area (Å²) in [5.41, 5.74) is 4.33. The molecule has 0 aromatic heterocycles. The molecule has 1 heterocycles. The third-order valence-electron chi connectivity index (χ3n) is 4.23. The van der Waals surface area contributed by atoms with Gasteiger partial charge in [-0.15, -0.1) is 0 Å². The van der Waals surface area contributed by atoms with E-state index in [1.54, 1.807) is 7.11 Å². The van der Waals surface area contributed by atoms with Crippen LogP contribution in [0, 0.1) is 0 Å². The first kappa shape index (κ1) is 17.4. The van der Waals surface area contributed by atoms with Gasteiger partial charge in [0.1, 0.15) is 0 Å². The summed E-state index contributed by atoms with van der Waals surface area (Å²) in [7, 11) is 1.68. The van der Waals surface area contributed by atoms with Crippen LogP contribution in [0.5, 0.6) is 5.75 Å². The van der Waals surface area contributed by atoms with Gasteiger partial charge in [-0.3, -0.25) is 0 Å². The molecule has 0 saturated carbocycles. The molecule has 0 fully saturated rings. The van der Waals surface area contributed by atoms with Crippen molar-refractivity contribution in [1.82, 2.24) is 5.32 Å². The van der Waals surface area contributed by atoms with Crippen molar-refractivity contribution in [2.75, 3.05) is 20.2 Å². The van der Waals surface area contributed by atoms with Crippen LogP contribution in [-0.2, 0) is 18.0 Å². The van der Waals surface area contributed by atoms with Gasteiger partial charge in [0.15, 0.2) is 0 Å². The van der Waals surface area contributed by atoms with E-state index >= 15 is 0 Å². The average molecular weight is 334 g/mol. The van der Waals surface area contributed by atoms with Crippen LogP contribution in [0.3, 0.4) is 0 Å². The Hall–Kier alpha value is -2.40. The molecule has 0 spiro atoms. The maximum absolute atomic E-state index is 5.98. The molecule has 0 radical (unpaired) electrons. The average Bonchev–Trinajstić information content (AvgIpc) is 2.69. The molecule has 128 valence electrons. The minimum atomic E-state index is 0.485. The number of ether oxygens (including phenoxy) is 2. The Morgan fingerprint density at radius 1 is 1.16 bits per heavy atom. The molecular weight excluding hydrogens is 311 g/mol. The van der Waals surface area contributed by atoms with Gasteiger partial charge in [0.25, 0.3) is 0 Å². The summed E-state index contributed by atoms with van der Waals surface area (Å²) in [5, 5.41) is 3.38. The molecule has 1 aliphatic heterocycles. The van der Waals surface area contributed by atoms with Crippen molar-refractivity contribution in [3.05, 3.63) is 59.2 Å². The van der Waals surface area contributed by atoms with Gasteiger partial charge in [-0.2, -0.15) is 0 Å². The number of amidine groups is 1. The third kappa shape index (κ3) is 4.37. The Labute approximate surface area is 149 Å². The van der Waals surface area contributed by atoms with E-state index in [9.17, 15) is 0 Å². The fourth-order valence-corrected chi connectivity index (χ4v) is 2.90. The molecule has 5 heteroatoms. The summed E-state index contributed by atoms with van der Waals surface area (Å²) < 4.78 is 11.4. The molecule has 4 nitrogen and oxygen atoms in total. The van der Waals surface area contributed by atoms with Gasteiger partial charge < -0.3 is 0 Å². The molecule has 0 aliphatic carbocycles. The molecule has 0 amide bonds. The van der Waals surface area contributed by atoms with E-state index in [1.165, 1.54) is 0 Å². The van der Waals surface area contributed by atoms with E-state index in [4.69, 9.17) is 9.47 Å². The van der Waals surface area contributed by atoms with E-state index in [2.05, 4.69) is 28.9 Å². The molecule has 2 aromatic rings. The Morgan fingerprint density at radius 3 is 2.76 bits per heavy atom. The number of benzene rings is 2. The Bertz CT molecular complexity index is 774. The summed E-state index contributed by atoms with van der Waals surface area (Å²) in [6, 6.07) is 14.2. The van der Waals surface area contributed by atoms with Gasteiger partial charge in [-0.05, 0) is 0 Å². The summed E-state index contributed by atoms with van der Waals surface area (Å²) in [6.07, 6.45) is 1.08. The fraction of sp³-hybridized carbons (Fsp3) is 0.300. The molecule has 2 aromatic carbocycles. The van der Waals surface area contributed by atoms with Crippen molar-refractivity contribution in [3.63, 3.8) is 0 Å². The summed E-state index contributed by atoms with van der Waals surface area (Å²) in [6.45, 7) is 8.50. The van der Waals surface area contributed by atoms with Crippen molar-refractivity contribution in [2.45, 2.75) is 19.6 Å². The Kier molecular flexibility index (Phi) is 6.02. The van der Waals surface area contributed by atoms with Gasteiger partial charge >= 0.3 is 149 Å². The minimum absolute atomic E-state index is 0.485. The van der Waals surface area contributed by atoms with Crippen LogP contribution in [0.1, 0.15) is 23.1 Å². The number of hydrogen-bond acceptors (Lipinski definition) is 4. The number of methoxy groups -OCH3 is 1. The predicted molar refractivity (Wildman–Crippen MR) is 104 cm³/mol. The van der Waals surface area contributed by atoms with Gasteiger partial charge in [0.2, 0.25) is 0 Å². The summed E-state index contributed by atoms with van der Waals surface area (Å²) in [4.78, 5) is 4.60. The van der Waals surface area contributed by atoms with Crippen molar-refractivity contribution in [1.29, 1.82) is 0 Å². The predicted octanol–water partition coefficient (Wildman–Crippen LogP) is 1.91. The van der Waals surface area contributed by atoms with E-state index in [0.29, 0.717) is 13.2 Å². The van der Waals surface area contributed by atoms with Crippen molar-refractivity contribution in [3.8, 4) is 5.75 Å². The van der Waals surface area contributed by atoms with E-state index < -0.39 is 0 Å². The number of aliphatic imine (C=N–C) groups is 1. The van der Waals surface area contributed by atoms with Crippen molar-refractivity contribution >= 4 is 24.7 Å². The molecule has 1 N–H and O–H groups in total. The zero-order valence-electron chi connectivity index (χ0n) is 14.6. The Balaban J connectivity index is 1.71. The summed E-state index contributed by atoms with van der Waals surface area (Å²) >= 11 is 0. The van der Waals surface area contributed by atoms with Gasteiger partial charge in [-0.25, -0.2) is 0 Å². The molecule has 3 rings (SSSR count). The van der Waals surface area contributed by atoms with Crippen LogP contribution >= 0.6 is 0 Å². The number of nitrogens with one attached hydrogen (secondary N) is 1. The van der Waals surface area contributed by atoms with E-state index in [0.717, 1.165) is 53.2 Å². The second kappa shape index (κ2) is 8.63. The van der Waals surface area contributed by atoms with E-state index in [-0.39, 0.29) is 0 Å². The zero-order chi connectivity index (χ0) is 17.5. The number of hydrogen-bond donors (Lipinski definition) is 1. The standard InChI is InChI=1S/C20H23BN2O2/c1-21-17-8-9-19(24-2)16(12-17)14-25-13-15-6-3-4-7-18(15)20-22-10-5-11-23-20/h3-4,6-9,12H,1,5,10-11,13-14H2,2H3,(H,22,23). The second-order valence-electron chi connectivity index (χ2n) is 5.94. The van der Waals surface area contributed by atoms with Gasteiger partial charge in [0, 0.05) is 0 Å². The molecule has 0 unspecified atom stereocenters. The number of nitrogens with zero attached hydrogens (tertiary/aromatic N) is 1. The van der Waals surface area contributed by atoms with Crippen molar-refractivity contribution in [2.24, 2.45) is 4.99 Å². The molecule has 0 atom stereocenters. The molecule has 0 saturated heterocycles. The van der Waals surface area contributed by atoms with Crippen LogP contribution in [-0.4, -0.2) is 39.4 Å². The van der Waals surface area contributed by atoms with Crippen LogP contribution in [0.2, 0.25) is 0 Å².